The first-order valence-corrected chi connectivity index (χ1v) is 13.1. The van der Waals surface area contributed by atoms with Crippen molar-refractivity contribution in [2.75, 3.05) is 5.75 Å². The monoisotopic (exact) mass is 523 g/mol. The number of ether oxygens (including phenoxy) is 1. The molecule has 4 atom stereocenters. The molecule has 0 spiro atoms. The number of thiol groups is 1. The maximum atomic E-state index is 14.0. The molecule has 2 aromatic rings. The van der Waals surface area contributed by atoms with Gasteiger partial charge in [-0.3, -0.25) is 9.59 Å². The van der Waals surface area contributed by atoms with E-state index >= 15 is 0 Å². The highest BCUT2D eigenvalue weighted by Gasteiger charge is 2.48. The molecule has 3 amide bonds. The van der Waals surface area contributed by atoms with Crippen molar-refractivity contribution in [3.8, 4) is 0 Å². The number of amides is 3. The van der Waals surface area contributed by atoms with Crippen LogP contribution < -0.4 is 10.6 Å². The first-order valence-electron chi connectivity index (χ1n) is 12.5. The Kier molecular flexibility index (Phi) is 9.43. The van der Waals surface area contributed by atoms with E-state index < -0.39 is 23.8 Å². The molecule has 0 aromatic heterocycles. The average Bonchev–Trinajstić information content (AvgIpc) is 3.59. The predicted molar refractivity (Wildman–Crippen MR) is 149 cm³/mol. The normalized spacial score (nSPS) is 18.2. The summed E-state index contributed by atoms with van der Waals surface area (Å²) in [6, 6.07) is 15.0. The van der Waals surface area contributed by atoms with E-state index in [1.807, 2.05) is 61.5 Å². The van der Waals surface area contributed by atoms with Crippen LogP contribution in [0.2, 0.25) is 0 Å². The maximum absolute atomic E-state index is 14.0. The van der Waals surface area contributed by atoms with Crippen LogP contribution >= 0.6 is 12.6 Å². The fourth-order valence-electron chi connectivity index (χ4n) is 4.16. The Labute approximate surface area is 225 Å². The first kappa shape index (κ1) is 28.3. The lowest BCUT2D eigenvalue weighted by Crippen LogP contribution is -2.54. The maximum Gasteiger partial charge on any atom is 0.408 e. The third-order valence-electron chi connectivity index (χ3n) is 6.15. The van der Waals surface area contributed by atoms with E-state index in [4.69, 9.17) is 4.74 Å². The molecule has 1 aliphatic carbocycles. The van der Waals surface area contributed by atoms with Crippen LogP contribution in [-0.2, 0) is 20.9 Å². The molecule has 198 valence electrons. The van der Waals surface area contributed by atoms with Crippen molar-refractivity contribution < 1.29 is 19.1 Å². The predicted octanol–water partition coefficient (Wildman–Crippen LogP) is 4.75. The van der Waals surface area contributed by atoms with Crippen LogP contribution in [-0.4, -0.2) is 46.2 Å². The van der Waals surface area contributed by atoms with Crippen molar-refractivity contribution in [3.05, 3.63) is 77.9 Å². The van der Waals surface area contributed by atoms with Gasteiger partial charge in [-0.2, -0.15) is 12.6 Å². The molecule has 7 nitrogen and oxygen atoms in total. The molecular weight excluding hydrogens is 486 g/mol. The van der Waals surface area contributed by atoms with Crippen molar-refractivity contribution in [2.45, 2.75) is 64.4 Å². The Morgan fingerprint density at radius 3 is 2.41 bits per heavy atom. The molecule has 1 fully saturated rings. The van der Waals surface area contributed by atoms with E-state index in [9.17, 15) is 14.4 Å². The zero-order valence-corrected chi connectivity index (χ0v) is 22.8. The van der Waals surface area contributed by atoms with Crippen LogP contribution in [0.15, 0.2) is 61.2 Å². The molecule has 1 saturated carbocycles. The van der Waals surface area contributed by atoms with Gasteiger partial charge in [-0.15, -0.1) is 0 Å². The number of nitrogens with zero attached hydrogens (tertiary/aromatic N) is 1. The van der Waals surface area contributed by atoms with Gasteiger partial charge in [0.15, 0.2) is 0 Å². The summed E-state index contributed by atoms with van der Waals surface area (Å²) >= 11 is 4.34. The molecular formula is C29H37N3O4S. The van der Waals surface area contributed by atoms with E-state index in [2.05, 4.69) is 29.8 Å². The van der Waals surface area contributed by atoms with Crippen molar-refractivity contribution in [1.29, 1.82) is 0 Å². The third-order valence-corrected chi connectivity index (χ3v) is 6.51. The summed E-state index contributed by atoms with van der Waals surface area (Å²) in [4.78, 5) is 41.8. The lowest BCUT2D eigenvalue weighted by Gasteiger charge is -2.35. The summed E-state index contributed by atoms with van der Waals surface area (Å²) in [6.07, 6.45) is 1.76. The van der Waals surface area contributed by atoms with Crippen LogP contribution in [0.4, 0.5) is 4.79 Å². The number of hydrogen-bond donors (Lipinski definition) is 3. The Morgan fingerprint density at radius 2 is 1.84 bits per heavy atom. The molecule has 4 unspecified atom stereocenters. The quantitative estimate of drug-likeness (QED) is 0.393. The highest BCUT2D eigenvalue weighted by Crippen LogP contribution is 2.41. The molecule has 0 aliphatic heterocycles. The third kappa shape index (κ3) is 7.86. The molecule has 3 rings (SSSR count). The van der Waals surface area contributed by atoms with Gasteiger partial charge in [-0.05, 0) is 55.9 Å². The van der Waals surface area contributed by atoms with E-state index in [0.717, 1.165) is 17.5 Å². The van der Waals surface area contributed by atoms with Crippen molar-refractivity contribution in [1.82, 2.24) is 15.5 Å². The molecule has 0 radical (unpaired) electrons. The topological polar surface area (TPSA) is 87.7 Å². The van der Waals surface area contributed by atoms with Crippen LogP contribution in [0.1, 0.15) is 56.8 Å². The van der Waals surface area contributed by atoms with Gasteiger partial charge >= 0.3 is 6.09 Å². The molecule has 0 saturated heterocycles. The zero-order chi connectivity index (χ0) is 27.2. The van der Waals surface area contributed by atoms with Gasteiger partial charge in [0.05, 0.1) is 0 Å². The van der Waals surface area contributed by atoms with E-state index in [-0.39, 0.29) is 29.5 Å². The van der Waals surface area contributed by atoms with Gasteiger partial charge in [0.2, 0.25) is 11.8 Å². The minimum atomic E-state index is -0.960. The van der Waals surface area contributed by atoms with Crippen molar-refractivity contribution in [3.63, 3.8) is 0 Å². The number of rotatable bonds is 10. The molecule has 1 aliphatic rings. The lowest BCUT2D eigenvalue weighted by atomic mass is 10.00. The fourth-order valence-corrected chi connectivity index (χ4v) is 4.41. The molecule has 2 N–H and O–H groups in total. The standard InChI is InChI=1S/C29H37N3O4S/c1-6-20-13-10-14-22(16-20)25(26(33)30-17-21-11-8-7-9-12-21)32(24-15-19(24)2)27(34)23(18-37)31-28(35)36-29(3,4)5/h6-14,16,19,23-25,37H,1,15,17-18H2,2-5H3,(H,30,33)(H,31,35). The summed E-state index contributed by atoms with van der Waals surface area (Å²) in [7, 11) is 0. The zero-order valence-electron chi connectivity index (χ0n) is 21.9. The Bertz CT molecular complexity index is 1120. The second-order valence-electron chi connectivity index (χ2n) is 10.4. The van der Waals surface area contributed by atoms with E-state index in [1.54, 1.807) is 31.7 Å². The van der Waals surface area contributed by atoms with Crippen molar-refractivity contribution >= 4 is 36.6 Å². The second kappa shape index (κ2) is 12.3. The summed E-state index contributed by atoms with van der Waals surface area (Å²) in [5.74, 6) is -0.398. The molecule has 8 heteroatoms. The fraction of sp³-hybridized carbons (Fsp3) is 0.414. The second-order valence-corrected chi connectivity index (χ2v) is 10.8. The number of hydrogen-bond acceptors (Lipinski definition) is 5. The molecule has 2 aromatic carbocycles. The van der Waals surface area contributed by atoms with Crippen LogP contribution in [0.3, 0.4) is 0 Å². The Hall–Kier alpha value is -3.26. The van der Waals surface area contributed by atoms with Gasteiger partial charge in [0, 0.05) is 18.3 Å². The van der Waals surface area contributed by atoms with Gasteiger partial charge in [0.1, 0.15) is 17.7 Å². The van der Waals surface area contributed by atoms with E-state index in [0.29, 0.717) is 12.1 Å². The molecule has 37 heavy (non-hydrogen) atoms. The molecule has 0 bridgehead atoms. The van der Waals surface area contributed by atoms with Crippen LogP contribution in [0, 0.1) is 5.92 Å². The Balaban J connectivity index is 1.95. The SMILES string of the molecule is C=Cc1cccc(C(C(=O)NCc2ccccc2)N(C(=O)C(CS)NC(=O)OC(C)(C)C)C2CC2C)c1. The van der Waals surface area contributed by atoms with Gasteiger partial charge in [-0.1, -0.05) is 68.1 Å². The Morgan fingerprint density at radius 1 is 1.16 bits per heavy atom. The highest BCUT2D eigenvalue weighted by molar-refractivity contribution is 7.80. The van der Waals surface area contributed by atoms with Gasteiger partial charge in [0.25, 0.3) is 0 Å². The van der Waals surface area contributed by atoms with E-state index in [1.165, 1.54) is 0 Å². The summed E-state index contributed by atoms with van der Waals surface area (Å²) in [5, 5.41) is 5.66. The lowest BCUT2D eigenvalue weighted by molar-refractivity contribution is -0.143. The number of alkyl carbamates (subject to hydrolysis) is 1. The largest absolute Gasteiger partial charge is 0.444 e. The number of nitrogens with one attached hydrogen (secondary N) is 2. The highest BCUT2D eigenvalue weighted by atomic mass is 32.1. The smallest absolute Gasteiger partial charge is 0.408 e. The number of carbonyl (C=O) groups excluding carboxylic acids is 3. The van der Waals surface area contributed by atoms with Crippen LogP contribution in [0.25, 0.3) is 6.08 Å². The number of benzene rings is 2. The van der Waals surface area contributed by atoms with Crippen LogP contribution in [0.5, 0.6) is 0 Å². The summed E-state index contributed by atoms with van der Waals surface area (Å²) < 4.78 is 5.36. The molecule has 0 heterocycles. The van der Waals surface area contributed by atoms with Crippen molar-refractivity contribution in [2.24, 2.45) is 5.92 Å². The van der Waals surface area contributed by atoms with Gasteiger partial charge < -0.3 is 20.3 Å². The summed E-state index contributed by atoms with van der Waals surface area (Å²) in [5.41, 5.74) is 1.74. The summed E-state index contributed by atoms with van der Waals surface area (Å²) in [6.45, 7) is 11.5. The minimum Gasteiger partial charge on any atom is -0.444 e. The average molecular weight is 524 g/mol. The number of carbonyl (C=O) groups is 3. The minimum absolute atomic E-state index is 0.0563. The van der Waals surface area contributed by atoms with Gasteiger partial charge in [-0.25, -0.2) is 4.79 Å². The first-order chi connectivity index (χ1) is 17.5.